The Morgan fingerprint density at radius 1 is 1.13 bits per heavy atom. The second-order valence-corrected chi connectivity index (χ2v) is 8.25. The van der Waals surface area contributed by atoms with E-state index in [1.165, 1.54) is 0 Å². The predicted molar refractivity (Wildman–Crippen MR) is 121 cm³/mol. The fourth-order valence-corrected chi connectivity index (χ4v) is 3.19. The normalized spacial score (nSPS) is 11.8. The summed E-state index contributed by atoms with van der Waals surface area (Å²) in [6.07, 6.45) is 0.508. The first-order valence-corrected chi connectivity index (χ1v) is 10.7. The molecule has 0 aliphatic rings. The van der Waals surface area contributed by atoms with Crippen molar-refractivity contribution in [2.75, 3.05) is 13.2 Å². The predicted octanol–water partition coefficient (Wildman–Crippen LogP) is 4.61. The monoisotopic (exact) mass is 430 g/mol. The molecule has 162 valence electrons. The van der Waals surface area contributed by atoms with Crippen LogP contribution in [0, 0.1) is 12.8 Å². The molecule has 30 heavy (non-hydrogen) atoms. The lowest BCUT2D eigenvalue weighted by Crippen LogP contribution is -2.50. The molecule has 0 aromatic heterocycles. The lowest BCUT2D eigenvalue weighted by molar-refractivity contribution is -0.143. The molecule has 6 heteroatoms. The summed E-state index contributed by atoms with van der Waals surface area (Å²) in [7, 11) is 0. The van der Waals surface area contributed by atoms with Gasteiger partial charge in [0, 0.05) is 18.1 Å². The second kappa shape index (κ2) is 11.6. The molecular weight excluding hydrogens is 400 g/mol. The number of halogens is 1. The zero-order valence-electron chi connectivity index (χ0n) is 18.2. The molecule has 5 nitrogen and oxygen atoms in total. The number of nitrogens with zero attached hydrogens (tertiary/aromatic N) is 1. The van der Waals surface area contributed by atoms with Crippen LogP contribution >= 0.6 is 11.6 Å². The van der Waals surface area contributed by atoms with E-state index in [0.717, 1.165) is 11.1 Å². The topological polar surface area (TPSA) is 58.6 Å². The molecule has 0 radical (unpaired) electrons. The Kier molecular flexibility index (Phi) is 9.18. The summed E-state index contributed by atoms with van der Waals surface area (Å²) in [6.45, 7) is 8.68. The lowest BCUT2D eigenvalue weighted by Gasteiger charge is -2.30. The number of aryl methyl sites for hydroxylation is 1. The van der Waals surface area contributed by atoms with Gasteiger partial charge in [0.1, 0.15) is 11.8 Å². The van der Waals surface area contributed by atoms with Gasteiger partial charge in [-0.25, -0.2) is 0 Å². The number of rotatable bonds is 10. The average Bonchev–Trinajstić information content (AvgIpc) is 2.71. The molecule has 2 aromatic rings. The molecule has 2 rings (SSSR count). The molecule has 2 amide bonds. The number of ether oxygens (including phenoxy) is 1. The summed E-state index contributed by atoms with van der Waals surface area (Å²) in [5.41, 5.74) is 1.95. The number of nitrogens with one attached hydrogen (secondary N) is 1. The minimum atomic E-state index is -0.576. The highest BCUT2D eigenvalue weighted by molar-refractivity contribution is 6.30. The van der Waals surface area contributed by atoms with E-state index in [1.54, 1.807) is 17.0 Å². The number of carbonyl (C=O) groups excluding carboxylic acids is 2. The molecule has 0 heterocycles. The lowest BCUT2D eigenvalue weighted by atomic mass is 10.1. The first-order chi connectivity index (χ1) is 14.3. The Balaban J connectivity index is 2.18. The molecule has 1 N–H and O–H groups in total. The van der Waals surface area contributed by atoms with Crippen LogP contribution in [0.15, 0.2) is 48.5 Å². The molecule has 0 bridgehead atoms. The summed E-state index contributed by atoms with van der Waals surface area (Å²) in [5, 5.41) is 3.58. The Morgan fingerprint density at radius 2 is 1.83 bits per heavy atom. The van der Waals surface area contributed by atoms with Crippen LogP contribution in [0.1, 0.15) is 38.3 Å². The van der Waals surface area contributed by atoms with Gasteiger partial charge in [-0.15, -0.1) is 0 Å². The quantitative estimate of drug-likeness (QED) is 0.598. The highest BCUT2D eigenvalue weighted by Gasteiger charge is 2.29. The molecule has 0 aliphatic heterocycles. The van der Waals surface area contributed by atoms with Gasteiger partial charge in [0.2, 0.25) is 5.91 Å². The van der Waals surface area contributed by atoms with Crippen LogP contribution in [-0.4, -0.2) is 35.9 Å². The molecule has 2 aromatic carbocycles. The van der Waals surface area contributed by atoms with Crippen molar-refractivity contribution in [3.8, 4) is 5.75 Å². The van der Waals surface area contributed by atoms with Crippen molar-refractivity contribution in [1.29, 1.82) is 0 Å². The standard InChI is InChI=1S/C24H31ClN2O3/c1-5-22(24(29)26-14-17(2)3)27(15-19-9-11-20(25)12-10-19)23(28)16-30-21-8-6-7-18(4)13-21/h6-13,17,22H,5,14-16H2,1-4H3,(H,26,29)/t22-/m1/s1. The zero-order chi connectivity index (χ0) is 22.1. The minimum Gasteiger partial charge on any atom is -0.484 e. The van der Waals surface area contributed by atoms with Gasteiger partial charge < -0.3 is 15.0 Å². The minimum absolute atomic E-state index is 0.134. The van der Waals surface area contributed by atoms with Gasteiger partial charge in [-0.1, -0.05) is 56.6 Å². The number of carbonyl (C=O) groups is 2. The van der Waals surface area contributed by atoms with E-state index in [9.17, 15) is 9.59 Å². The number of hydrogen-bond donors (Lipinski definition) is 1. The van der Waals surface area contributed by atoms with E-state index in [2.05, 4.69) is 5.32 Å². The fourth-order valence-electron chi connectivity index (χ4n) is 3.06. The summed E-state index contributed by atoms with van der Waals surface area (Å²) in [6, 6.07) is 14.3. The van der Waals surface area contributed by atoms with Crippen LogP contribution in [0.5, 0.6) is 5.75 Å². The van der Waals surface area contributed by atoms with E-state index in [4.69, 9.17) is 16.3 Å². The van der Waals surface area contributed by atoms with E-state index < -0.39 is 6.04 Å². The van der Waals surface area contributed by atoms with Crippen LogP contribution in [-0.2, 0) is 16.1 Å². The van der Waals surface area contributed by atoms with Crippen LogP contribution in [0.4, 0.5) is 0 Å². The van der Waals surface area contributed by atoms with E-state index in [-0.39, 0.29) is 18.4 Å². The van der Waals surface area contributed by atoms with E-state index >= 15 is 0 Å². The van der Waals surface area contributed by atoms with Crippen molar-refractivity contribution in [2.24, 2.45) is 5.92 Å². The zero-order valence-corrected chi connectivity index (χ0v) is 18.9. The maximum Gasteiger partial charge on any atom is 0.261 e. The van der Waals surface area contributed by atoms with Gasteiger partial charge in [-0.05, 0) is 54.7 Å². The fraction of sp³-hybridized carbons (Fsp3) is 0.417. The van der Waals surface area contributed by atoms with Crippen LogP contribution in [0.2, 0.25) is 5.02 Å². The van der Waals surface area contributed by atoms with Crippen LogP contribution in [0.3, 0.4) is 0 Å². The Bertz CT molecular complexity index is 837. The summed E-state index contributed by atoms with van der Waals surface area (Å²) < 4.78 is 5.71. The Hall–Kier alpha value is -2.53. The van der Waals surface area contributed by atoms with Gasteiger partial charge in [-0.2, -0.15) is 0 Å². The van der Waals surface area contributed by atoms with Gasteiger partial charge in [0.05, 0.1) is 0 Å². The van der Waals surface area contributed by atoms with Gasteiger partial charge in [0.25, 0.3) is 5.91 Å². The molecule has 0 fully saturated rings. The first-order valence-electron chi connectivity index (χ1n) is 10.3. The summed E-state index contributed by atoms with van der Waals surface area (Å²) in [5.74, 6) is 0.575. The van der Waals surface area contributed by atoms with Crippen molar-refractivity contribution in [3.63, 3.8) is 0 Å². The van der Waals surface area contributed by atoms with Gasteiger partial charge in [-0.3, -0.25) is 9.59 Å². The second-order valence-electron chi connectivity index (χ2n) is 7.82. The maximum atomic E-state index is 13.1. The molecule has 0 aliphatic carbocycles. The molecule has 1 atom stereocenters. The van der Waals surface area contributed by atoms with Crippen molar-refractivity contribution < 1.29 is 14.3 Å². The van der Waals surface area contributed by atoms with E-state index in [0.29, 0.717) is 36.2 Å². The van der Waals surface area contributed by atoms with Crippen molar-refractivity contribution >= 4 is 23.4 Å². The maximum absolute atomic E-state index is 13.1. The highest BCUT2D eigenvalue weighted by atomic mass is 35.5. The molecule has 0 saturated carbocycles. The van der Waals surface area contributed by atoms with Crippen LogP contribution in [0.25, 0.3) is 0 Å². The molecular formula is C24H31ClN2O3. The number of benzene rings is 2. The van der Waals surface area contributed by atoms with E-state index in [1.807, 2.05) is 64.1 Å². The van der Waals surface area contributed by atoms with Crippen molar-refractivity contribution in [1.82, 2.24) is 10.2 Å². The number of hydrogen-bond acceptors (Lipinski definition) is 3. The third kappa shape index (κ3) is 7.38. The molecule has 0 saturated heterocycles. The largest absolute Gasteiger partial charge is 0.484 e. The summed E-state index contributed by atoms with van der Waals surface area (Å²) in [4.78, 5) is 27.5. The van der Waals surface area contributed by atoms with Gasteiger partial charge in [0.15, 0.2) is 6.61 Å². The molecule has 0 spiro atoms. The SMILES string of the molecule is CC[C@H](C(=O)NCC(C)C)N(Cc1ccc(Cl)cc1)C(=O)COc1cccc(C)c1. The average molecular weight is 431 g/mol. The van der Waals surface area contributed by atoms with Crippen molar-refractivity contribution in [2.45, 2.75) is 46.7 Å². The molecule has 0 unspecified atom stereocenters. The Labute approximate surface area is 184 Å². The third-order valence-corrected chi connectivity index (χ3v) is 4.94. The third-order valence-electron chi connectivity index (χ3n) is 4.69. The van der Waals surface area contributed by atoms with Gasteiger partial charge >= 0.3 is 0 Å². The smallest absolute Gasteiger partial charge is 0.261 e. The summed E-state index contributed by atoms with van der Waals surface area (Å²) >= 11 is 5.99. The first kappa shape index (κ1) is 23.7. The Morgan fingerprint density at radius 3 is 2.43 bits per heavy atom. The van der Waals surface area contributed by atoms with Crippen LogP contribution < -0.4 is 10.1 Å². The van der Waals surface area contributed by atoms with Crippen molar-refractivity contribution in [3.05, 3.63) is 64.7 Å². The highest BCUT2D eigenvalue weighted by Crippen LogP contribution is 2.17. The number of amides is 2.